The van der Waals surface area contributed by atoms with Crippen LogP contribution >= 0.6 is 0 Å². The molecular formula is C13H15NO3. The van der Waals surface area contributed by atoms with E-state index in [1.807, 2.05) is 25.1 Å². The number of amides is 1. The van der Waals surface area contributed by atoms with E-state index in [9.17, 15) is 9.59 Å². The van der Waals surface area contributed by atoms with E-state index < -0.39 is 5.97 Å². The molecule has 2 N–H and O–H groups in total. The number of carbonyl (C=O) groups excluding carboxylic acids is 1. The predicted molar refractivity (Wildman–Crippen MR) is 64.1 cm³/mol. The van der Waals surface area contributed by atoms with Gasteiger partial charge in [0.25, 0.3) is 0 Å². The van der Waals surface area contributed by atoms with E-state index >= 15 is 0 Å². The summed E-state index contributed by atoms with van der Waals surface area (Å²) in [7, 11) is 0. The lowest BCUT2D eigenvalue weighted by atomic mass is 9.94. The molecule has 0 fully saturated rings. The molecule has 1 aliphatic rings. The second-order valence-electron chi connectivity index (χ2n) is 4.47. The maximum Gasteiger partial charge on any atom is 0.303 e. The molecule has 0 bridgehead atoms. The van der Waals surface area contributed by atoms with E-state index in [4.69, 9.17) is 5.11 Å². The lowest BCUT2D eigenvalue weighted by Crippen LogP contribution is -2.03. The van der Waals surface area contributed by atoms with Gasteiger partial charge in [-0.15, -0.1) is 0 Å². The van der Waals surface area contributed by atoms with Crippen molar-refractivity contribution in [2.75, 3.05) is 5.32 Å². The van der Waals surface area contributed by atoms with Crippen molar-refractivity contribution in [1.82, 2.24) is 0 Å². The highest BCUT2D eigenvalue weighted by Crippen LogP contribution is 2.28. The monoisotopic (exact) mass is 233 g/mol. The Balaban J connectivity index is 2.10. The van der Waals surface area contributed by atoms with Gasteiger partial charge >= 0.3 is 5.97 Å². The normalized spacial score (nSPS) is 15.2. The topological polar surface area (TPSA) is 66.4 Å². The number of nitrogens with one attached hydrogen (secondary N) is 1. The summed E-state index contributed by atoms with van der Waals surface area (Å²) in [4.78, 5) is 21.7. The van der Waals surface area contributed by atoms with E-state index in [0.717, 1.165) is 16.8 Å². The fourth-order valence-electron chi connectivity index (χ4n) is 2.06. The lowest BCUT2D eigenvalue weighted by Gasteiger charge is -2.11. The summed E-state index contributed by atoms with van der Waals surface area (Å²) >= 11 is 0. The summed E-state index contributed by atoms with van der Waals surface area (Å²) in [5.41, 5.74) is 2.99. The molecular weight excluding hydrogens is 218 g/mol. The first-order valence-corrected chi connectivity index (χ1v) is 5.70. The van der Waals surface area contributed by atoms with E-state index in [0.29, 0.717) is 12.8 Å². The van der Waals surface area contributed by atoms with E-state index in [2.05, 4.69) is 5.32 Å². The van der Waals surface area contributed by atoms with Crippen LogP contribution in [0.2, 0.25) is 0 Å². The Hall–Kier alpha value is -1.84. The number of carboxylic acid groups (broad SMARTS) is 1. The molecule has 17 heavy (non-hydrogen) atoms. The first-order valence-electron chi connectivity index (χ1n) is 5.70. The SMILES string of the molecule is CC(CCC(=O)O)c1ccc2c(c1)CC(=O)N2. The Kier molecular flexibility index (Phi) is 3.13. The van der Waals surface area contributed by atoms with Crippen LogP contribution in [0.15, 0.2) is 18.2 Å². The fraction of sp³-hybridized carbons (Fsp3) is 0.385. The summed E-state index contributed by atoms with van der Waals surface area (Å²) in [6.07, 6.45) is 1.22. The number of fused-ring (bicyclic) bond motifs is 1. The highest BCUT2D eigenvalue weighted by molar-refractivity contribution is 5.99. The van der Waals surface area contributed by atoms with Crippen LogP contribution in [0.25, 0.3) is 0 Å². The average molecular weight is 233 g/mol. The van der Waals surface area contributed by atoms with Gasteiger partial charge in [-0.1, -0.05) is 19.1 Å². The first-order chi connectivity index (χ1) is 8.06. The zero-order valence-electron chi connectivity index (χ0n) is 9.69. The van der Waals surface area contributed by atoms with Gasteiger partial charge in [-0.05, 0) is 29.5 Å². The van der Waals surface area contributed by atoms with Crippen LogP contribution in [0.3, 0.4) is 0 Å². The summed E-state index contributed by atoms with van der Waals surface area (Å²) < 4.78 is 0. The maximum atomic E-state index is 11.2. The standard InChI is InChI=1S/C13H15NO3/c1-8(2-5-13(16)17)9-3-4-11-10(6-9)7-12(15)14-11/h3-4,6,8H,2,5,7H2,1H3,(H,14,15)(H,16,17). The number of anilines is 1. The van der Waals surface area contributed by atoms with Crippen LogP contribution in [0, 0.1) is 0 Å². The molecule has 4 nitrogen and oxygen atoms in total. The molecule has 0 spiro atoms. The lowest BCUT2D eigenvalue weighted by molar-refractivity contribution is -0.137. The van der Waals surface area contributed by atoms with E-state index in [1.165, 1.54) is 0 Å². The van der Waals surface area contributed by atoms with Crippen LogP contribution in [-0.2, 0) is 16.0 Å². The predicted octanol–water partition coefficient (Wildman–Crippen LogP) is 2.15. The van der Waals surface area contributed by atoms with Crippen LogP contribution in [0.5, 0.6) is 0 Å². The molecule has 1 unspecified atom stereocenters. The summed E-state index contributed by atoms with van der Waals surface area (Å²) in [5.74, 6) is -0.544. The van der Waals surface area contributed by atoms with Crippen molar-refractivity contribution in [3.05, 3.63) is 29.3 Å². The highest BCUT2D eigenvalue weighted by atomic mass is 16.4. The molecule has 1 atom stereocenters. The number of hydrogen-bond donors (Lipinski definition) is 2. The largest absolute Gasteiger partial charge is 0.481 e. The number of carbonyl (C=O) groups is 2. The molecule has 90 valence electrons. The summed E-state index contributed by atoms with van der Waals surface area (Å²) in [6.45, 7) is 2.01. The van der Waals surface area contributed by atoms with Gasteiger partial charge in [0.2, 0.25) is 5.91 Å². The van der Waals surface area contributed by atoms with Crippen molar-refractivity contribution in [2.45, 2.75) is 32.1 Å². The van der Waals surface area contributed by atoms with Gasteiger partial charge in [-0.25, -0.2) is 0 Å². The van der Waals surface area contributed by atoms with Crippen LogP contribution < -0.4 is 5.32 Å². The third kappa shape index (κ3) is 2.64. The van der Waals surface area contributed by atoms with Crippen molar-refractivity contribution in [1.29, 1.82) is 0 Å². The molecule has 1 amide bonds. The Bertz CT molecular complexity index is 468. The quantitative estimate of drug-likeness (QED) is 0.837. The van der Waals surface area contributed by atoms with Crippen LogP contribution in [0.1, 0.15) is 36.8 Å². The zero-order chi connectivity index (χ0) is 12.4. The van der Waals surface area contributed by atoms with Crippen molar-refractivity contribution in [3.8, 4) is 0 Å². The zero-order valence-corrected chi connectivity index (χ0v) is 9.69. The van der Waals surface area contributed by atoms with Gasteiger partial charge in [0.05, 0.1) is 6.42 Å². The summed E-state index contributed by atoms with van der Waals surface area (Å²) in [5, 5.41) is 11.4. The number of carboxylic acids is 1. The smallest absolute Gasteiger partial charge is 0.303 e. The molecule has 0 radical (unpaired) electrons. The second-order valence-corrected chi connectivity index (χ2v) is 4.47. The Labute approximate surface area is 99.6 Å². The molecule has 2 rings (SSSR count). The highest BCUT2D eigenvalue weighted by Gasteiger charge is 2.18. The van der Waals surface area contributed by atoms with Gasteiger partial charge in [0.15, 0.2) is 0 Å². The minimum Gasteiger partial charge on any atom is -0.481 e. The third-order valence-corrected chi connectivity index (χ3v) is 3.11. The molecule has 1 aromatic carbocycles. The Morgan fingerprint density at radius 3 is 3.00 bits per heavy atom. The van der Waals surface area contributed by atoms with Crippen LogP contribution in [-0.4, -0.2) is 17.0 Å². The minimum atomic E-state index is -0.769. The fourth-order valence-corrected chi connectivity index (χ4v) is 2.06. The second kappa shape index (κ2) is 4.57. The molecule has 0 saturated heterocycles. The van der Waals surface area contributed by atoms with Crippen LogP contribution in [0.4, 0.5) is 5.69 Å². The molecule has 0 aromatic heterocycles. The third-order valence-electron chi connectivity index (χ3n) is 3.11. The van der Waals surface area contributed by atoms with Crippen molar-refractivity contribution >= 4 is 17.6 Å². The Morgan fingerprint density at radius 2 is 2.29 bits per heavy atom. The van der Waals surface area contributed by atoms with Gasteiger partial charge in [-0.2, -0.15) is 0 Å². The molecule has 0 aliphatic carbocycles. The number of aliphatic carboxylic acids is 1. The molecule has 0 saturated carbocycles. The van der Waals surface area contributed by atoms with Gasteiger partial charge in [0, 0.05) is 12.1 Å². The van der Waals surface area contributed by atoms with E-state index in [1.54, 1.807) is 0 Å². The summed E-state index contributed by atoms with van der Waals surface area (Å²) in [6, 6.07) is 5.85. The van der Waals surface area contributed by atoms with E-state index in [-0.39, 0.29) is 18.2 Å². The van der Waals surface area contributed by atoms with Gasteiger partial charge < -0.3 is 10.4 Å². The first kappa shape index (κ1) is 11.6. The van der Waals surface area contributed by atoms with Gasteiger partial charge in [-0.3, -0.25) is 9.59 Å². The van der Waals surface area contributed by atoms with Crippen molar-refractivity contribution < 1.29 is 14.7 Å². The Morgan fingerprint density at radius 1 is 1.53 bits per heavy atom. The molecule has 4 heteroatoms. The maximum absolute atomic E-state index is 11.2. The molecule has 1 heterocycles. The molecule has 1 aliphatic heterocycles. The van der Waals surface area contributed by atoms with Crippen molar-refractivity contribution in [2.24, 2.45) is 0 Å². The van der Waals surface area contributed by atoms with Gasteiger partial charge in [0.1, 0.15) is 0 Å². The average Bonchev–Trinajstić information content (AvgIpc) is 2.64. The van der Waals surface area contributed by atoms with Crippen molar-refractivity contribution in [3.63, 3.8) is 0 Å². The number of hydrogen-bond acceptors (Lipinski definition) is 2. The minimum absolute atomic E-state index is 0.0235. The molecule has 1 aromatic rings. The number of benzene rings is 1. The number of rotatable bonds is 4.